The van der Waals surface area contributed by atoms with Gasteiger partial charge in [0, 0.05) is 5.57 Å². The highest BCUT2D eigenvalue weighted by Gasteiger charge is 2.85. The van der Waals surface area contributed by atoms with Crippen molar-refractivity contribution < 1.29 is 10.2 Å². The molecule has 0 aliphatic heterocycles. The molecule has 0 amide bonds. The van der Waals surface area contributed by atoms with Crippen molar-refractivity contribution in [1.29, 1.82) is 0 Å². The van der Waals surface area contributed by atoms with Crippen LogP contribution in [-0.2, 0) is 4.33 Å². The van der Waals surface area contributed by atoms with Crippen LogP contribution in [0.1, 0.15) is 11.1 Å². The van der Waals surface area contributed by atoms with Crippen molar-refractivity contribution in [1.82, 2.24) is 0 Å². The molecular weight excluding hydrogens is 519 g/mol. The fourth-order valence-corrected chi connectivity index (χ4v) is 6.69. The summed E-state index contributed by atoms with van der Waals surface area (Å²) in [6.45, 7) is 0. The molecule has 2 nitrogen and oxygen atoms in total. The molecule has 3 rings (SSSR count). The van der Waals surface area contributed by atoms with E-state index in [0.717, 1.165) is 0 Å². The summed E-state index contributed by atoms with van der Waals surface area (Å²) >= 11 is 56.9. The first-order chi connectivity index (χ1) is 11.1. The van der Waals surface area contributed by atoms with Gasteiger partial charge in [-0.05, 0) is 17.2 Å². The molecule has 2 aliphatic rings. The first-order valence-corrected chi connectivity index (χ1v) is 9.95. The van der Waals surface area contributed by atoms with Crippen LogP contribution in [0.4, 0.5) is 0 Å². The van der Waals surface area contributed by atoms with Gasteiger partial charge in [-0.2, -0.15) is 0 Å². The van der Waals surface area contributed by atoms with Crippen molar-refractivity contribution in [3.05, 3.63) is 41.0 Å². The van der Waals surface area contributed by atoms with Crippen molar-refractivity contribution in [3.63, 3.8) is 0 Å². The number of hydrogen-bond donors (Lipinski definition) is 2. The van der Waals surface area contributed by atoms with Crippen LogP contribution in [0.25, 0.3) is 6.08 Å². The van der Waals surface area contributed by atoms with Crippen LogP contribution >= 0.6 is 104 Å². The van der Waals surface area contributed by atoms with E-state index in [-0.39, 0.29) is 5.57 Å². The zero-order valence-corrected chi connectivity index (χ0v) is 18.5. The second-order valence-electron chi connectivity index (χ2n) is 5.77. The molecular formula is C14H7Cl9O2. The molecule has 25 heavy (non-hydrogen) atoms. The highest BCUT2D eigenvalue weighted by atomic mass is 35.5. The topological polar surface area (TPSA) is 40.5 Å². The fourth-order valence-electron chi connectivity index (χ4n) is 3.02. The van der Waals surface area contributed by atoms with Crippen LogP contribution in [-0.4, -0.2) is 33.9 Å². The Hall–Kier alpha value is 1.49. The largest absolute Gasteiger partial charge is 0.370 e. The molecule has 1 saturated carbocycles. The Morgan fingerprint density at radius 2 is 1.24 bits per heavy atom. The van der Waals surface area contributed by atoms with Crippen LogP contribution in [0, 0.1) is 0 Å². The van der Waals surface area contributed by atoms with E-state index in [2.05, 4.69) is 0 Å². The maximum absolute atomic E-state index is 10.9. The molecule has 1 aromatic rings. The molecule has 1 fully saturated rings. The number of alkyl halides is 9. The van der Waals surface area contributed by atoms with Gasteiger partial charge in [-0.25, -0.2) is 0 Å². The first kappa shape index (κ1) is 21.2. The summed E-state index contributed by atoms with van der Waals surface area (Å²) in [6, 6.07) is 6.55. The van der Waals surface area contributed by atoms with Crippen LogP contribution in [0.5, 0.6) is 0 Å². The van der Waals surface area contributed by atoms with Crippen molar-refractivity contribution in [2.24, 2.45) is 0 Å². The zero-order valence-electron chi connectivity index (χ0n) is 11.7. The Morgan fingerprint density at radius 1 is 0.720 bits per heavy atom. The minimum absolute atomic E-state index is 0.305. The third kappa shape index (κ3) is 2.23. The number of halogens is 9. The summed E-state index contributed by atoms with van der Waals surface area (Å²) in [6.07, 6.45) is 1.35. The standard InChI is InChI=1S/C14H7Cl9O2/c15-9-8(5-6-3-1-2-4-7(6)10(9,16)17)11(18,24)13(21,22)14(23,25)12(9,19)20/h1-5,24-25H. The minimum atomic E-state index is -2.96. The van der Waals surface area contributed by atoms with Crippen LogP contribution < -0.4 is 0 Å². The predicted octanol–water partition coefficient (Wildman–Crippen LogP) is 5.91. The summed E-state index contributed by atoms with van der Waals surface area (Å²) in [5.74, 6) is 0. The van der Waals surface area contributed by atoms with Crippen LogP contribution in [0.15, 0.2) is 29.8 Å². The molecule has 0 spiro atoms. The quantitative estimate of drug-likeness (QED) is 0.413. The minimum Gasteiger partial charge on any atom is -0.370 e. The lowest BCUT2D eigenvalue weighted by Crippen LogP contribution is -2.79. The SMILES string of the molecule is OC1(Cl)C2=Cc3ccccc3C(Cl)(Cl)C2(Cl)C(Cl)(Cl)C(O)(Cl)C1(Cl)Cl. The summed E-state index contributed by atoms with van der Waals surface area (Å²) in [4.78, 5) is -2.30. The van der Waals surface area contributed by atoms with Crippen molar-refractivity contribution in [2.75, 3.05) is 0 Å². The van der Waals surface area contributed by atoms with Gasteiger partial charge in [0.25, 0.3) is 0 Å². The van der Waals surface area contributed by atoms with Gasteiger partial charge in [0.15, 0.2) is 13.7 Å². The zero-order chi connectivity index (χ0) is 19.3. The third-order valence-electron chi connectivity index (χ3n) is 4.44. The van der Waals surface area contributed by atoms with Gasteiger partial charge < -0.3 is 10.2 Å². The third-order valence-corrected chi connectivity index (χ3v) is 10.4. The molecule has 2 N–H and O–H groups in total. The number of hydrogen-bond acceptors (Lipinski definition) is 2. The van der Waals surface area contributed by atoms with E-state index in [1.807, 2.05) is 0 Å². The van der Waals surface area contributed by atoms with E-state index in [1.54, 1.807) is 24.3 Å². The van der Waals surface area contributed by atoms with Crippen LogP contribution in [0.3, 0.4) is 0 Å². The van der Waals surface area contributed by atoms with Crippen molar-refractivity contribution in [2.45, 2.75) is 28.0 Å². The average molecular weight is 526 g/mol. The molecule has 11 heteroatoms. The van der Waals surface area contributed by atoms with Crippen molar-refractivity contribution in [3.8, 4) is 0 Å². The highest BCUT2D eigenvalue weighted by molar-refractivity contribution is 6.68. The van der Waals surface area contributed by atoms with Gasteiger partial charge in [0.1, 0.15) is 4.87 Å². The second kappa shape index (κ2) is 5.77. The molecule has 3 unspecified atom stereocenters. The molecule has 138 valence electrons. The number of fused-ring (bicyclic) bond motifs is 2. The second-order valence-corrected chi connectivity index (χ2v) is 11.4. The maximum atomic E-state index is 10.9. The highest BCUT2D eigenvalue weighted by Crippen LogP contribution is 2.75. The first-order valence-electron chi connectivity index (χ1n) is 6.55. The molecule has 1 aromatic carbocycles. The predicted molar refractivity (Wildman–Crippen MR) is 107 cm³/mol. The molecule has 0 bridgehead atoms. The Kier molecular flexibility index (Phi) is 4.89. The van der Waals surface area contributed by atoms with E-state index >= 15 is 0 Å². The lowest BCUT2D eigenvalue weighted by atomic mass is 9.70. The Balaban J connectivity index is 2.49. The smallest absolute Gasteiger partial charge is 0.211 e. The number of aliphatic hydroxyl groups is 2. The van der Waals surface area contributed by atoms with Gasteiger partial charge in [-0.3, -0.25) is 0 Å². The summed E-state index contributed by atoms with van der Waals surface area (Å²) in [5.41, 5.74) is 0.456. The molecule has 0 radical (unpaired) electrons. The Morgan fingerprint density at radius 3 is 1.80 bits per heavy atom. The normalized spacial score (nSPS) is 40.7. The van der Waals surface area contributed by atoms with E-state index < -0.39 is 28.0 Å². The van der Waals surface area contributed by atoms with Gasteiger partial charge in [-0.1, -0.05) is 117 Å². The summed E-state index contributed by atoms with van der Waals surface area (Å²) in [7, 11) is 0. The van der Waals surface area contributed by atoms with Gasteiger partial charge >= 0.3 is 0 Å². The number of benzene rings is 1. The molecule has 0 aromatic heterocycles. The fraction of sp³-hybridized carbons (Fsp3) is 0.429. The number of rotatable bonds is 0. The van der Waals surface area contributed by atoms with Gasteiger partial charge in [0.05, 0.1) is 0 Å². The lowest BCUT2D eigenvalue weighted by molar-refractivity contribution is -0.0135. The monoisotopic (exact) mass is 522 g/mol. The summed E-state index contributed by atoms with van der Waals surface area (Å²) < 4.78 is -7.35. The van der Waals surface area contributed by atoms with Crippen molar-refractivity contribution >= 4 is 110 Å². The lowest BCUT2D eigenvalue weighted by Gasteiger charge is -2.63. The Bertz CT molecular complexity index is 784. The maximum Gasteiger partial charge on any atom is 0.211 e. The Labute approximate surface area is 188 Å². The van der Waals surface area contributed by atoms with Crippen LogP contribution in [0.2, 0.25) is 0 Å². The van der Waals surface area contributed by atoms with Gasteiger partial charge in [-0.15, -0.1) is 11.6 Å². The van der Waals surface area contributed by atoms with E-state index in [0.29, 0.717) is 11.1 Å². The van der Waals surface area contributed by atoms with E-state index in [4.69, 9.17) is 104 Å². The average Bonchev–Trinajstić information content (AvgIpc) is 2.49. The molecule has 3 atom stereocenters. The summed E-state index contributed by atoms with van der Waals surface area (Å²) in [5, 5.41) is 15.9. The molecule has 0 heterocycles. The van der Waals surface area contributed by atoms with Gasteiger partial charge in [0.2, 0.25) is 9.39 Å². The molecule has 0 saturated heterocycles. The van der Waals surface area contributed by atoms with E-state index in [1.165, 1.54) is 6.08 Å². The molecule has 2 aliphatic carbocycles. The van der Waals surface area contributed by atoms with E-state index in [9.17, 15) is 10.2 Å².